The van der Waals surface area contributed by atoms with E-state index in [-0.39, 0.29) is 0 Å². The molecule has 7 heavy (non-hydrogen) atoms. The number of hydrogen-bond acceptors (Lipinski definition) is 3. The topological polar surface area (TPSA) is 26.3 Å². The van der Waals surface area contributed by atoms with E-state index >= 15 is 0 Å². The van der Waals surface area contributed by atoms with Crippen molar-refractivity contribution in [2.24, 2.45) is 0 Å². The Morgan fingerprint density at radius 2 is 2.43 bits per heavy atom. The number of rotatable bonds is 3. The lowest BCUT2D eigenvalue weighted by Gasteiger charge is -1.92. The second-order valence-electron chi connectivity index (χ2n) is 0.887. The third-order valence-electron chi connectivity index (χ3n) is 0.429. The van der Waals surface area contributed by atoms with Crippen LogP contribution in [0.15, 0.2) is 0 Å². The molecule has 0 aromatic heterocycles. The van der Waals surface area contributed by atoms with Crippen LogP contribution in [-0.4, -0.2) is 12.9 Å². The zero-order valence-electron chi connectivity index (χ0n) is 4.43. The van der Waals surface area contributed by atoms with Crippen molar-refractivity contribution >= 4 is 18.6 Å². The summed E-state index contributed by atoms with van der Waals surface area (Å²) in [7, 11) is -1.71. The predicted octanol–water partition coefficient (Wildman–Crippen LogP) is 1.78. The van der Waals surface area contributed by atoms with Crippen molar-refractivity contribution in [3.63, 3.8) is 0 Å². The van der Waals surface area contributed by atoms with Crippen LogP contribution >= 0.6 is 18.6 Å². The summed E-state index contributed by atoms with van der Waals surface area (Å²) in [6.07, 6.45) is 1.77. The van der Waals surface area contributed by atoms with Gasteiger partial charge in [0.2, 0.25) is 7.23 Å². The van der Waals surface area contributed by atoms with Gasteiger partial charge in [0.25, 0.3) is 0 Å². The minimum Gasteiger partial charge on any atom is -0.323 e. The molecular formula is C3H9O2PS. The Kier molecular flexibility index (Phi) is 5.05. The highest BCUT2D eigenvalue weighted by atomic mass is 32.7. The first-order valence-corrected chi connectivity index (χ1v) is 5.28. The van der Waals surface area contributed by atoms with Gasteiger partial charge in [-0.25, -0.2) is 0 Å². The third kappa shape index (κ3) is 4.39. The third-order valence-corrected chi connectivity index (χ3v) is 2.64. The van der Waals surface area contributed by atoms with E-state index in [4.69, 9.17) is 4.52 Å². The molecule has 0 spiro atoms. The van der Waals surface area contributed by atoms with Crippen molar-refractivity contribution in [2.75, 3.05) is 12.9 Å². The second kappa shape index (κ2) is 4.69. The van der Waals surface area contributed by atoms with Gasteiger partial charge in [0.05, 0.1) is 6.61 Å². The summed E-state index contributed by atoms with van der Waals surface area (Å²) in [4.78, 5) is 0. The maximum atomic E-state index is 10.3. The Morgan fingerprint density at radius 3 is 2.57 bits per heavy atom. The summed E-state index contributed by atoms with van der Waals surface area (Å²) in [6.45, 7) is 2.39. The van der Waals surface area contributed by atoms with Gasteiger partial charge >= 0.3 is 0 Å². The molecule has 0 aliphatic heterocycles. The van der Waals surface area contributed by atoms with Gasteiger partial charge in [-0.15, -0.1) is 0 Å². The molecule has 1 unspecified atom stereocenters. The highest BCUT2D eigenvalue weighted by Gasteiger charge is 1.88. The Bertz CT molecular complexity index is 66.0. The second-order valence-corrected chi connectivity index (χ2v) is 4.31. The Balaban J connectivity index is 3.00. The predicted molar refractivity (Wildman–Crippen MR) is 34.1 cm³/mol. The fourth-order valence-electron chi connectivity index (χ4n) is 0.177. The highest BCUT2D eigenvalue weighted by Crippen LogP contribution is 2.35. The molecule has 0 N–H and O–H groups in total. The molecule has 0 bridgehead atoms. The Hall–Kier alpha value is 0.540. The zero-order valence-corrected chi connectivity index (χ0v) is 6.25. The summed E-state index contributed by atoms with van der Waals surface area (Å²) in [5.74, 6) is 0. The van der Waals surface area contributed by atoms with Gasteiger partial charge in [-0.05, 0) is 13.2 Å². The number of hydrogen-bond donors (Lipinski definition) is 0. The molecule has 4 heteroatoms. The van der Waals surface area contributed by atoms with Crippen LogP contribution in [0.4, 0.5) is 0 Å². The molecule has 0 aromatic carbocycles. The SMILES string of the molecule is CCO[PH](=O)SC. The van der Waals surface area contributed by atoms with Crippen molar-refractivity contribution in [3.05, 3.63) is 0 Å². The lowest BCUT2D eigenvalue weighted by atomic mass is 10.9. The first kappa shape index (κ1) is 7.54. The van der Waals surface area contributed by atoms with Crippen molar-refractivity contribution in [2.45, 2.75) is 6.92 Å². The maximum absolute atomic E-state index is 10.3. The van der Waals surface area contributed by atoms with Crippen molar-refractivity contribution < 1.29 is 9.09 Å². The molecule has 2 nitrogen and oxygen atoms in total. The fourth-order valence-corrected chi connectivity index (χ4v) is 1.24. The molecule has 0 aromatic rings. The van der Waals surface area contributed by atoms with Crippen LogP contribution in [0.3, 0.4) is 0 Å². The molecule has 0 rings (SSSR count). The van der Waals surface area contributed by atoms with Gasteiger partial charge in [-0.3, -0.25) is 4.57 Å². The summed E-state index contributed by atoms with van der Waals surface area (Å²) < 4.78 is 15.0. The molecule has 44 valence electrons. The molecule has 0 aliphatic carbocycles. The van der Waals surface area contributed by atoms with Crippen LogP contribution in [0.25, 0.3) is 0 Å². The largest absolute Gasteiger partial charge is 0.323 e. The van der Waals surface area contributed by atoms with E-state index < -0.39 is 7.23 Å². The zero-order chi connectivity index (χ0) is 5.70. The van der Waals surface area contributed by atoms with Crippen molar-refractivity contribution in [1.82, 2.24) is 0 Å². The van der Waals surface area contributed by atoms with Crippen LogP contribution < -0.4 is 0 Å². The van der Waals surface area contributed by atoms with Crippen LogP contribution in [0.2, 0.25) is 0 Å². The smallest absolute Gasteiger partial charge is 0.246 e. The van der Waals surface area contributed by atoms with Crippen molar-refractivity contribution in [3.8, 4) is 0 Å². The fraction of sp³-hybridized carbons (Fsp3) is 1.00. The summed E-state index contributed by atoms with van der Waals surface area (Å²) >= 11 is 1.27. The minimum absolute atomic E-state index is 0.554. The van der Waals surface area contributed by atoms with E-state index in [0.717, 1.165) is 0 Å². The van der Waals surface area contributed by atoms with Crippen LogP contribution in [0, 0.1) is 0 Å². The summed E-state index contributed by atoms with van der Waals surface area (Å²) in [5, 5.41) is 0. The summed E-state index contributed by atoms with van der Waals surface area (Å²) in [6, 6.07) is 0. The van der Waals surface area contributed by atoms with E-state index in [0.29, 0.717) is 6.61 Å². The molecule has 1 atom stereocenters. The van der Waals surface area contributed by atoms with Crippen LogP contribution in [0.1, 0.15) is 6.92 Å². The van der Waals surface area contributed by atoms with Crippen LogP contribution in [-0.2, 0) is 9.09 Å². The van der Waals surface area contributed by atoms with E-state index in [2.05, 4.69) is 0 Å². The lowest BCUT2D eigenvalue weighted by Crippen LogP contribution is -1.71. The molecule has 0 fully saturated rings. The van der Waals surface area contributed by atoms with Gasteiger partial charge in [0.15, 0.2) is 0 Å². The van der Waals surface area contributed by atoms with Crippen molar-refractivity contribution in [1.29, 1.82) is 0 Å². The molecule has 0 heterocycles. The van der Waals surface area contributed by atoms with E-state index in [1.165, 1.54) is 11.4 Å². The Morgan fingerprint density at radius 1 is 1.86 bits per heavy atom. The molecule has 0 saturated carbocycles. The first-order valence-electron chi connectivity index (χ1n) is 2.02. The first-order chi connectivity index (χ1) is 3.31. The van der Waals surface area contributed by atoms with Gasteiger partial charge < -0.3 is 4.52 Å². The quantitative estimate of drug-likeness (QED) is 0.559. The minimum atomic E-state index is -1.71. The molecule has 0 radical (unpaired) electrons. The van der Waals surface area contributed by atoms with Gasteiger partial charge in [-0.2, -0.15) is 0 Å². The summed E-state index contributed by atoms with van der Waals surface area (Å²) in [5.41, 5.74) is 0. The maximum Gasteiger partial charge on any atom is 0.246 e. The van der Waals surface area contributed by atoms with E-state index in [1.54, 1.807) is 6.26 Å². The monoisotopic (exact) mass is 140 g/mol. The van der Waals surface area contributed by atoms with E-state index in [9.17, 15) is 4.57 Å². The van der Waals surface area contributed by atoms with Gasteiger partial charge in [0, 0.05) is 0 Å². The highest BCUT2D eigenvalue weighted by molar-refractivity contribution is 8.49. The average Bonchev–Trinajstić information content (AvgIpc) is 1.68. The van der Waals surface area contributed by atoms with Gasteiger partial charge in [0.1, 0.15) is 0 Å². The average molecular weight is 140 g/mol. The van der Waals surface area contributed by atoms with E-state index in [1.807, 2.05) is 6.92 Å². The Labute approximate surface area is 48.2 Å². The van der Waals surface area contributed by atoms with Gasteiger partial charge in [-0.1, -0.05) is 11.4 Å². The standard InChI is InChI=1S/C3H9O2PS/c1-3-5-6(4)7-2/h6H,3H2,1-2H3. The molecule has 0 aliphatic rings. The molecular weight excluding hydrogens is 131 g/mol. The molecule has 0 amide bonds. The molecule has 0 saturated heterocycles. The van der Waals surface area contributed by atoms with Crippen LogP contribution in [0.5, 0.6) is 0 Å². The normalized spacial score (nSPS) is 14.0. The lowest BCUT2D eigenvalue weighted by molar-refractivity contribution is 0.361.